The van der Waals surface area contributed by atoms with Crippen LogP contribution in [0.5, 0.6) is 0 Å². The smallest absolute Gasteiger partial charge is 0.224 e. The summed E-state index contributed by atoms with van der Waals surface area (Å²) in [6.45, 7) is 2.85. The molecule has 2 aromatic heterocycles. The molecule has 0 saturated carbocycles. The fourth-order valence-electron chi connectivity index (χ4n) is 1.93. The molecule has 0 unspecified atom stereocenters. The molecular weight excluding hydrogens is 278 g/mol. The van der Waals surface area contributed by atoms with E-state index in [2.05, 4.69) is 34.3 Å². The van der Waals surface area contributed by atoms with E-state index >= 15 is 0 Å². The number of rotatable bonds is 3. The molecule has 1 aromatic carbocycles. The minimum Gasteiger partial charge on any atom is -0.365 e. The zero-order valence-electron chi connectivity index (χ0n) is 10.4. The highest BCUT2D eigenvalue weighted by atomic mass is 35.5. The van der Waals surface area contributed by atoms with Gasteiger partial charge in [0.15, 0.2) is 0 Å². The maximum absolute atomic E-state index is 5.95. The van der Waals surface area contributed by atoms with Gasteiger partial charge in [-0.05, 0) is 42.8 Å². The molecular formula is C14H12ClN3S. The number of aryl methyl sites for hydroxylation is 1. The van der Waals surface area contributed by atoms with Gasteiger partial charge in [-0.25, -0.2) is 9.97 Å². The first-order chi connectivity index (χ1) is 9.22. The van der Waals surface area contributed by atoms with E-state index in [4.69, 9.17) is 11.6 Å². The van der Waals surface area contributed by atoms with Crippen molar-refractivity contribution in [3.63, 3.8) is 0 Å². The average Bonchev–Trinajstić information content (AvgIpc) is 2.81. The number of fused-ring (bicyclic) bond motifs is 1. The fraction of sp³-hybridized carbons (Fsp3) is 0.143. The van der Waals surface area contributed by atoms with Gasteiger partial charge < -0.3 is 5.32 Å². The number of halogens is 1. The van der Waals surface area contributed by atoms with Crippen LogP contribution in [0.3, 0.4) is 0 Å². The quantitative estimate of drug-likeness (QED) is 0.732. The second-order valence-electron chi connectivity index (χ2n) is 4.22. The van der Waals surface area contributed by atoms with Gasteiger partial charge in [-0.15, -0.1) is 11.3 Å². The van der Waals surface area contributed by atoms with Gasteiger partial charge in [-0.3, -0.25) is 0 Å². The van der Waals surface area contributed by atoms with E-state index in [0.717, 1.165) is 23.3 Å². The average molecular weight is 290 g/mol. The summed E-state index contributed by atoms with van der Waals surface area (Å²) in [6, 6.07) is 12.1. The van der Waals surface area contributed by atoms with Crippen molar-refractivity contribution in [2.75, 3.05) is 5.32 Å². The van der Waals surface area contributed by atoms with Crippen LogP contribution >= 0.6 is 22.9 Å². The molecule has 5 heteroatoms. The first-order valence-corrected chi connectivity index (χ1v) is 7.13. The van der Waals surface area contributed by atoms with Crippen LogP contribution in [-0.2, 0) is 6.54 Å². The highest BCUT2D eigenvalue weighted by Gasteiger charge is 2.06. The summed E-state index contributed by atoms with van der Waals surface area (Å²) in [5.74, 6) is 0.779. The Labute approximate surface area is 120 Å². The Morgan fingerprint density at radius 2 is 2.00 bits per heavy atom. The van der Waals surface area contributed by atoms with Crippen LogP contribution < -0.4 is 5.32 Å². The lowest BCUT2D eigenvalue weighted by Gasteiger charge is -2.07. The summed E-state index contributed by atoms with van der Waals surface area (Å²) in [5.41, 5.74) is 0.854. The topological polar surface area (TPSA) is 37.8 Å². The van der Waals surface area contributed by atoms with Gasteiger partial charge in [0, 0.05) is 15.1 Å². The molecule has 3 rings (SSSR count). The number of nitrogens with zero attached hydrogens (tertiary/aromatic N) is 2. The highest BCUT2D eigenvalue weighted by molar-refractivity contribution is 7.11. The number of benzene rings is 1. The number of para-hydroxylation sites is 1. The molecule has 0 aliphatic heterocycles. The zero-order valence-corrected chi connectivity index (χ0v) is 11.9. The molecule has 0 aliphatic carbocycles. The van der Waals surface area contributed by atoms with E-state index in [1.807, 2.05) is 24.3 Å². The molecule has 0 aliphatic rings. The summed E-state index contributed by atoms with van der Waals surface area (Å²) in [6.07, 6.45) is 0. The van der Waals surface area contributed by atoms with Crippen molar-refractivity contribution >= 4 is 39.7 Å². The van der Waals surface area contributed by atoms with Gasteiger partial charge in [-0.2, -0.15) is 0 Å². The van der Waals surface area contributed by atoms with Crippen molar-refractivity contribution in [1.82, 2.24) is 9.97 Å². The lowest BCUT2D eigenvalue weighted by atomic mass is 10.2. The molecule has 0 fully saturated rings. The molecule has 0 radical (unpaired) electrons. The Hall–Kier alpha value is -1.65. The molecule has 3 nitrogen and oxygen atoms in total. The Balaban J connectivity index is 1.91. The van der Waals surface area contributed by atoms with Gasteiger partial charge in [0.1, 0.15) is 5.82 Å². The lowest BCUT2D eigenvalue weighted by molar-refractivity contribution is 1.13. The van der Waals surface area contributed by atoms with E-state index in [9.17, 15) is 0 Å². The van der Waals surface area contributed by atoms with Crippen molar-refractivity contribution in [2.24, 2.45) is 0 Å². The van der Waals surface area contributed by atoms with Crippen LogP contribution in [0.2, 0.25) is 5.28 Å². The van der Waals surface area contributed by atoms with Crippen LogP contribution in [0.25, 0.3) is 10.9 Å². The van der Waals surface area contributed by atoms with Gasteiger partial charge >= 0.3 is 0 Å². The van der Waals surface area contributed by atoms with Gasteiger partial charge in [0.25, 0.3) is 0 Å². The number of hydrogen-bond donors (Lipinski definition) is 1. The molecule has 3 aromatic rings. The standard InChI is InChI=1S/C14H12ClN3S/c1-9-6-7-10(19-9)8-16-13-11-4-2-3-5-12(11)17-14(15)18-13/h2-7H,8H2,1H3,(H,16,17,18). The molecule has 0 spiro atoms. The maximum Gasteiger partial charge on any atom is 0.224 e. The Bertz CT molecular complexity index is 724. The van der Waals surface area contributed by atoms with E-state index in [1.165, 1.54) is 9.75 Å². The first kappa shape index (κ1) is 12.4. The summed E-state index contributed by atoms with van der Waals surface area (Å²) in [5, 5.41) is 4.59. The van der Waals surface area contributed by atoms with E-state index in [0.29, 0.717) is 0 Å². The Morgan fingerprint density at radius 3 is 2.79 bits per heavy atom. The second kappa shape index (κ2) is 5.15. The number of nitrogens with one attached hydrogen (secondary N) is 1. The minimum atomic E-state index is 0.267. The summed E-state index contributed by atoms with van der Waals surface area (Å²) in [7, 11) is 0. The molecule has 0 amide bonds. The largest absolute Gasteiger partial charge is 0.365 e. The van der Waals surface area contributed by atoms with E-state index in [1.54, 1.807) is 11.3 Å². The van der Waals surface area contributed by atoms with Gasteiger partial charge in [0.05, 0.1) is 12.1 Å². The second-order valence-corrected chi connectivity index (χ2v) is 5.93. The summed E-state index contributed by atoms with van der Waals surface area (Å²) in [4.78, 5) is 11.1. The Morgan fingerprint density at radius 1 is 1.16 bits per heavy atom. The van der Waals surface area contributed by atoms with Crippen LogP contribution in [0.4, 0.5) is 5.82 Å². The van der Waals surface area contributed by atoms with Crippen molar-refractivity contribution < 1.29 is 0 Å². The molecule has 0 atom stereocenters. The molecule has 96 valence electrons. The Kier molecular flexibility index (Phi) is 3.36. The molecule has 19 heavy (non-hydrogen) atoms. The van der Waals surface area contributed by atoms with Crippen molar-refractivity contribution in [1.29, 1.82) is 0 Å². The van der Waals surface area contributed by atoms with Crippen molar-refractivity contribution in [2.45, 2.75) is 13.5 Å². The fourth-order valence-corrected chi connectivity index (χ4v) is 2.94. The maximum atomic E-state index is 5.95. The van der Waals surface area contributed by atoms with Crippen LogP contribution in [0, 0.1) is 6.92 Å². The number of hydrogen-bond acceptors (Lipinski definition) is 4. The summed E-state index contributed by atoms with van der Waals surface area (Å²) < 4.78 is 0. The van der Waals surface area contributed by atoms with Crippen molar-refractivity contribution in [3.05, 3.63) is 51.4 Å². The normalized spacial score (nSPS) is 10.8. The van der Waals surface area contributed by atoms with Crippen LogP contribution in [-0.4, -0.2) is 9.97 Å². The molecule has 2 heterocycles. The third-order valence-corrected chi connectivity index (χ3v) is 3.97. The van der Waals surface area contributed by atoms with Crippen LogP contribution in [0.15, 0.2) is 36.4 Å². The third-order valence-electron chi connectivity index (χ3n) is 2.80. The van der Waals surface area contributed by atoms with Gasteiger partial charge in [-0.1, -0.05) is 12.1 Å². The molecule has 0 saturated heterocycles. The number of thiophene rings is 1. The van der Waals surface area contributed by atoms with E-state index in [-0.39, 0.29) is 5.28 Å². The minimum absolute atomic E-state index is 0.267. The third kappa shape index (κ3) is 2.69. The zero-order chi connectivity index (χ0) is 13.2. The predicted octanol–water partition coefficient (Wildman–Crippen LogP) is 4.27. The van der Waals surface area contributed by atoms with Crippen LogP contribution in [0.1, 0.15) is 9.75 Å². The number of aromatic nitrogens is 2. The van der Waals surface area contributed by atoms with Gasteiger partial charge in [0.2, 0.25) is 5.28 Å². The highest BCUT2D eigenvalue weighted by Crippen LogP contribution is 2.23. The lowest BCUT2D eigenvalue weighted by Crippen LogP contribution is -2.01. The molecule has 1 N–H and O–H groups in total. The number of anilines is 1. The summed E-state index contributed by atoms with van der Waals surface area (Å²) >= 11 is 7.73. The molecule has 0 bridgehead atoms. The predicted molar refractivity (Wildman–Crippen MR) is 80.9 cm³/mol. The SMILES string of the molecule is Cc1ccc(CNc2nc(Cl)nc3ccccc23)s1. The first-order valence-electron chi connectivity index (χ1n) is 5.94. The van der Waals surface area contributed by atoms with E-state index < -0.39 is 0 Å². The monoisotopic (exact) mass is 289 g/mol. The van der Waals surface area contributed by atoms with Crippen molar-refractivity contribution in [3.8, 4) is 0 Å².